The van der Waals surface area contributed by atoms with Crippen LogP contribution in [0, 0.1) is 0 Å². The topological polar surface area (TPSA) is 81.3 Å². The number of carbonyl (C=O) groups is 1. The molecule has 0 unspecified atom stereocenters. The molecule has 4 aromatic rings. The van der Waals surface area contributed by atoms with Gasteiger partial charge >= 0.3 is 11.9 Å². The minimum atomic E-state index is -4.52. The number of nitrogens with one attached hydrogen (secondary N) is 1. The molecule has 1 aliphatic rings. The molecular weight excluding hydrogens is 431 g/mol. The second-order valence-corrected chi connectivity index (χ2v) is 8.48. The van der Waals surface area contributed by atoms with Crippen LogP contribution in [0.1, 0.15) is 28.8 Å². The standard InChI is InChI=1S/C20H16F3N5O2S/c21-20(22,23)11-4-3-5-12(8-11)25-15(29)9-28-19(30)27-10-24-18-16(17(27)26-28)13-6-1-2-7-14(13)31-18/h3-5,8,10H,1-2,6-7,9H2,(H,25,29). The number of nitrogens with zero attached hydrogens (tertiary/aromatic N) is 4. The summed E-state index contributed by atoms with van der Waals surface area (Å²) in [5.41, 5.74) is 0.203. The van der Waals surface area contributed by atoms with Crippen LogP contribution in [-0.2, 0) is 30.4 Å². The molecule has 0 spiro atoms. The smallest absolute Gasteiger partial charge is 0.324 e. The molecule has 11 heteroatoms. The van der Waals surface area contributed by atoms with E-state index in [1.165, 1.54) is 27.7 Å². The van der Waals surface area contributed by atoms with Crippen LogP contribution in [0.3, 0.4) is 0 Å². The zero-order chi connectivity index (χ0) is 21.8. The average Bonchev–Trinajstić information content (AvgIpc) is 3.25. The Morgan fingerprint density at radius 3 is 2.84 bits per heavy atom. The number of thiophene rings is 1. The van der Waals surface area contributed by atoms with E-state index in [-0.39, 0.29) is 5.69 Å². The van der Waals surface area contributed by atoms with E-state index in [9.17, 15) is 22.8 Å². The fourth-order valence-corrected chi connectivity index (χ4v) is 5.11. The van der Waals surface area contributed by atoms with Gasteiger partial charge in [-0.2, -0.15) is 13.2 Å². The van der Waals surface area contributed by atoms with Gasteiger partial charge in [0.2, 0.25) is 5.91 Å². The van der Waals surface area contributed by atoms with Gasteiger partial charge in [-0.3, -0.25) is 4.79 Å². The number of fused-ring (bicyclic) bond motifs is 5. The molecule has 0 saturated heterocycles. The summed E-state index contributed by atoms with van der Waals surface area (Å²) >= 11 is 1.60. The highest BCUT2D eigenvalue weighted by molar-refractivity contribution is 7.19. The highest BCUT2D eigenvalue weighted by Crippen LogP contribution is 2.36. The number of aromatic nitrogens is 4. The summed E-state index contributed by atoms with van der Waals surface area (Å²) in [6, 6.07) is 4.32. The lowest BCUT2D eigenvalue weighted by Gasteiger charge is -2.10. The number of hydrogen-bond acceptors (Lipinski definition) is 5. The monoisotopic (exact) mass is 447 g/mol. The van der Waals surface area contributed by atoms with E-state index in [1.54, 1.807) is 11.3 Å². The molecule has 31 heavy (non-hydrogen) atoms. The minimum absolute atomic E-state index is 0.00685. The van der Waals surface area contributed by atoms with Gasteiger partial charge in [-0.15, -0.1) is 16.4 Å². The second-order valence-electron chi connectivity index (χ2n) is 7.40. The first kappa shape index (κ1) is 19.7. The summed E-state index contributed by atoms with van der Waals surface area (Å²) in [4.78, 5) is 31.6. The van der Waals surface area contributed by atoms with E-state index in [0.717, 1.165) is 58.3 Å². The molecule has 0 bridgehead atoms. The van der Waals surface area contributed by atoms with Crippen molar-refractivity contribution in [3.8, 4) is 0 Å². The summed E-state index contributed by atoms with van der Waals surface area (Å²) in [5, 5.41) is 7.59. The highest BCUT2D eigenvalue weighted by atomic mass is 32.1. The summed E-state index contributed by atoms with van der Waals surface area (Å²) in [5.74, 6) is -0.651. The van der Waals surface area contributed by atoms with E-state index < -0.39 is 29.9 Å². The highest BCUT2D eigenvalue weighted by Gasteiger charge is 2.30. The Bertz CT molecular complexity index is 1390. The lowest BCUT2D eigenvalue weighted by Crippen LogP contribution is -2.28. The average molecular weight is 447 g/mol. The van der Waals surface area contributed by atoms with Crippen LogP contribution in [0.2, 0.25) is 0 Å². The van der Waals surface area contributed by atoms with Crippen LogP contribution in [0.25, 0.3) is 15.9 Å². The molecule has 0 saturated carbocycles. The molecule has 1 amide bonds. The summed E-state index contributed by atoms with van der Waals surface area (Å²) in [6.45, 7) is -0.426. The Kier molecular flexibility index (Phi) is 4.58. The molecule has 1 aromatic carbocycles. The van der Waals surface area contributed by atoms with Crippen LogP contribution in [0.15, 0.2) is 35.4 Å². The molecule has 0 radical (unpaired) electrons. The summed E-state index contributed by atoms with van der Waals surface area (Å²) in [7, 11) is 0. The minimum Gasteiger partial charge on any atom is -0.324 e. The van der Waals surface area contributed by atoms with Crippen LogP contribution in [0.4, 0.5) is 18.9 Å². The van der Waals surface area contributed by atoms with E-state index in [2.05, 4.69) is 15.4 Å². The van der Waals surface area contributed by atoms with E-state index >= 15 is 0 Å². The Morgan fingerprint density at radius 2 is 2.03 bits per heavy atom. The number of rotatable bonds is 3. The lowest BCUT2D eigenvalue weighted by molar-refractivity contribution is -0.137. The molecule has 0 fully saturated rings. The number of amides is 1. The van der Waals surface area contributed by atoms with Gasteiger partial charge in [0.25, 0.3) is 0 Å². The van der Waals surface area contributed by atoms with Gasteiger partial charge in [-0.05, 0) is 49.4 Å². The number of carbonyl (C=O) groups excluding carboxylic acids is 1. The molecule has 0 atom stereocenters. The summed E-state index contributed by atoms with van der Waals surface area (Å²) in [6.07, 6.45) is 0.936. The predicted molar refractivity (Wildman–Crippen MR) is 109 cm³/mol. The fourth-order valence-electron chi connectivity index (χ4n) is 3.89. The third-order valence-corrected chi connectivity index (χ3v) is 6.50. The van der Waals surface area contributed by atoms with Crippen LogP contribution >= 0.6 is 11.3 Å². The van der Waals surface area contributed by atoms with Crippen molar-refractivity contribution < 1.29 is 18.0 Å². The normalized spacial score (nSPS) is 14.2. The number of halogens is 3. The van der Waals surface area contributed by atoms with Gasteiger partial charge in [0, 0.05) is 10.6 Å². The molecule has 1 aliphatic carbocycles. The lowest BCUT2D eigenvalue weighted by atomic mass is 9.97. The summed E-state index contributed by atoms with van der Waals surface area (Å²) < 4.78 is 40.9. The Balaban J connectivity index is 1.46. The zero-order valence-corrected chi connectivity index (χ0v) is 16.9. The first-order chi connectivity index (χ1) is 14.8. The Morgan fingerprint density at radius 1 is 1.23 bits per heavy atom. The third-order valence-electron chi connectivity index (χ3n) is 5.30. The van der Waals surface area contributed by atoms with Crippen molar-refractivity contribution in [2.24, 2.45) is 0 Å². The van der Waals surface area contributed by atoms with Gasteiger partial charge in [-0.1, -0.05) is 6.07 Å². The molecule has 5 rings (SSSR count). The van der Waals surface area contributed by atoms with Crippen LogP contribution < -0.4 is 11.0 Å². The number of benzene rings is 1. The molecule has 1 N–H and O–H groups in total. The first-order valence-corrected chi connectivity index (χ1v) is 10.5. The van der Waals surface area contributed by atoms with E-state index in [4.69, 9.17) is 0 Å². The van der Waals surface area contributed by atoms with Crippen molar-refractivity contribution in [3.05, 3.63) is 57.1 Å². The van der Waals surface area contributed by atoms with Gasteiger partial charge in [0.1, 0.15) is 17.7 Å². The number of anilines is 1. The Labute approximate surface area is 177 Å². The largest absolute Gasteiger partial charge is 0.416 e. The van der Waals surface area contributed by atoms with Crippen molar-refractivity contribution in [2.75, 3.05) is 5.32 Å². The Hall–Kier alpha value is -3.21. The zero-order valence-electron chi connectivity index (χ0n) is 16.1. The SMILES string of the molecule is O=C(Cn1nc2c3c4c(sc3ncn2c1=O)CCCC4)Nc1cccc(C(F)(F)F)c1. The molecule has 3 aromatic heterocycles. The van der Waals surface area contributed by atoms with Crippen molar-refractivity contribution in [2.45, 2.75) is 38.4 Å². The maximum Gasteiger partial charge on any atom is 0.416 e. The number of hydrogen-bond donors (Lipinski definition) is 1. The van der Waals surface area contributed by atoms with Crippen molar-refractivity contribution in [1.29, 1.82) is 0 Å². The predicted octanol–water partition coefficient (Wildman–Crippen LogP) is 3.64. The molecule has 7 nitrogen and oxygen atoms in total. The van der Waals surface area contributed by atoms with Crippen molar-refractivity contribution >= 4 is 38.8 Å². The van der Waals surface area contributed by atoms with Gasteiger partial charge < -0.3 is 5.32 Å². The molecule has 3 heterocycles. The van der Waals surface area contributed by atoms with Crippen LogP contribution in [-0.4, -0.2) is 25.1 Å². The third kappa shape index (κ3) is 3.48. The van der Waals surface area contributed by atoms with E-state index in [1.807, 2.05) is 0 Å². The first-order valence-electron chi connectivity index (χ1n) is 9.67. The maximum absolute atomic E-state index is 12.9. The van der Waals surface area contributed by atoms with Gasteiger partial charge in [-0.25, -0.2) is 18.9 Å². The van der Waals surface area contributed by atoms with Gasteiger partial charge in [0.05, 0.1) is 10.9 Å². The molecule has 0 aliphatic heterocycles. The second kappa shape index (κ2) is 7.19. The maximum atomic E-state index is 12.9. The van der Waals surface area contributed by atoms with Crippen molar-refractivity contribution in [3.63, 3.8) is 0 Å². The molecule has 160 valence electrons. The number of aryl methyl sites for hydroxylation is 2. The van der Waals surface area contributed by atoms with Crippen molar-refractivity contribution in [1.82, 2.24) is 19.2 Å². The molecular formula is C20H16F3N5O2S. The van der Waals surface area contributed by atoms with Crippen LogP contribution in [0.5, 0.6) is 0 Å². The fraction of sp³-hybridized carbons (Fsp3) is 0.300. The van der Waals surface area contributed by atoms with E-state index in [0.29, 0.717) is 5.65 Å². The quantitative estimate of drug-likeness (QED) is 0.520. The number of alkyl halides is 3. The van der Waals surface area contributed by atoms with Gasteiger partial charge in [0.15, 0.2) is 5.65 Å².